The molecule has 0 saturated carbocycles. The molecule has 0 atom stereocenters. The van der Waals surface area contributed by atoms with Crippen molar-refractivity contribution in [3.63, 3.8) is 0 Å². The predicted octanol–water partition coefficient (Wildman–Crippen LogP) is 3.95. The molecule has 0 aliphatic heterocycles. The second-order valence-electron chi connectivity index (χ2n) is 5.17. The average molecular weight is 475 g/mol. The SMILES string of the molecule is COc1cc(Br)cc(C=NNC(=O)CC(=O)Nc2cccc(Cl)c2Cl)c1O. The molecular formula is C17H14BrCl2N3O4. The lowest BCUT2D eigenvalue weighted by Crippen LogP contribution is -2.24. The zero-order valence-electron chi connectivity index (χ0n) is 13.9. The first-order valence-corrected chi connectivity index (χ1v) is 8.99. The summed E-state index contributed by atoms with van der Waals surface area (Å²) in [5, 5.41) is 16.7. The molecule has 0 heterocycles. The molecule has 2 amide bonds. The molecule has 7 nitrogen and oxygen atoms in total. The lowest BCUT2D eigenvalue weighted by atomic mass is 10.2. The van der Waals surface area contributed by atoms with Crippen molar-refractivity contribution in [2.75, 3.05) is 12.4 Å². The number of hydrogen-bond donors (Lipinski definition) is 3. The fourth-order valence-corrected chi connectivity index (χ4v) is 2.80. The molecule has 0 aliphatic carbocycles. The minimum atomic E-state index is -0.650. The van der Waals surface area contributed by atoms with E-state index in [9.17, 15) is 14.7 Å². The van der Waals surface area contributed by atoms with Crippen LogP contribution in [0.25, 0.3) is 0 Å². The van der Waals surface area contributed by atoms with Crippen molar-refractivity contribution in [2.24, 2.45) is 5.10 Å². The number of phenolic OH excluding ortho intramolecular Hbond substituents is 1. The summed E-state index contributed by atoms with van der Waals surface area (Å²) in [6.07, 6.45) is 0.750. The molecule has 0 bridgehead atoms. The number of phenols is 1. The fourth-order valence-electron chi connectivity index (χ4n) is 2.00. The third kappa shape index (κ3) is 5.85. The molecule has 2 rings (SSSR count). The van der Waals surface area contributed by atoms with Gasteiger partial charge in [0.25, 0.3) is 0 Å². The number of methoxy groups -OCH3 is 1. The van der Waals surface area contributed by atoms with E-state index in [0.717, 1.165) is 0 Å². The molecule has 27 heavy (non-hydrogen) atoms. The number of benzene rings is 2. The molecule has 3 N–H and O–H groups in total. The summed E-state index contributed by atoms with van der Waals surface area (Å²) in [5.41, 5.74) is 2.82. The molecule has 2 aromatic carbocycles. The number of halogens is 3. The quantitative estimate of drug-likeness (QED) is 0.335. The molecule has 0 spiro atoms. The molecule has 0 unspecified atom stereocenters. The first-order chi connectivity index (χ1) is 12.8. The minimum Gasteiger partial charge on any atom is -0.504 e. The summed E-state index contributed by atoms with van der Waals surface area (Å²) in [4.78, 5) is 23.7. The number of amides is 2. The highest BCUT2D eigenvalue weighted by molar-refractivity contribution is 9.10. The van der Waals surface area contributed by atoms with Gasteiger partial charge in [0.2, 0.25) is 11.8 Å². The third-order valence-electron chi connectivity index (χ3n) is 3.23. The molecule has 142 valence electrons. The Morgan fingerprint density at radius 1 is 1.30 bits per heavy atom. The number of hydrazone groups is 1. The Labute approximate surface area is 173 Å². The largest absolute Gasteiger partial charge is 0.504 e. The number of hydrogen-bond acceptors (Lipinski definition) is 5. The predicted molar refractivity (Wildman–Crippen MR) is 108 cm³/mol. The van der Waals surface area contributed by atoms with Gasteiger partial charge in [0.05, 0.1) is 29.1 Å². The van der Waals surface area contributed by atoms with Gasteiger partial charge in [0.15, 0.2) is 11.5 Å². The maximum absolute atomic E-state index is 11.9. The molecule has 0 saturated heterocycles. The van der Waals surface area contributed by atoms with E-state index in [1.165, 1.54) is 13.3 Å². The van der Waals surface area contributed by atoms with Crippen LogP contribution in [-0.4, -0.2) is 30.2 Å². The van der Waals surface area contributed by atoms with Crippen LogP contribution in [0.5, 0.6) is 11.5 Å². The summed E-state index contributed by atoms with van der Waals surface area (Å²) in [6, 6.07) is 7.92. The third-order valence-corrected chi connectivity index (χ3v) is 4.51. The van der Waals surface area contributed by atoms with Crippen LogP contribution in [-0.2, 0) is 9.59 Å². The monoisotopic (exact) mass is 473 g/mol. The molecule has 2 aromatic rings. The van der Waals surface area contributed by atoms with Gasteiger partial charge in [-0.3, -0.25) is 9.59 Å². The van der Waals surface area contributed by atoms with Crippen LogP contribution in [0.4, 0.5) is 5.69 Å². The first kappa shape index (κ1) is 21.0. The smallest absolute Gasteiger partial charge is 0.249 e. The van der Waals surface area contributed by atoms with E-state index >= 15 is 0 Å². The van der Waals surface area contributed by atoms with E-state index in [-0.39, 0.29) is 21.5 Å². The zero-order valence-corrected chi connectivity index (χ0v) is 17.0. The molecule has 0 radical (unpaired) electrons. The Hall–Kier alpha value is -2.29. The Bertz CT molecular complexity index is 906. The van der Waals surface area contributed by atoms with E-state index in [0.29, 0.717) is 15.7 Å². The number of nitrogens with zero attached hydrogens (tertiary/aromatic N) is 1. The zero-order chi connectivity index (χ0) is 20.0. The number of rotatable bonds is 6. The van der Waals surface area contributed by atoms with Gasteiger partial charge in [-0.2, -0.15) is 5.10 Å². The number of aromatic hydroxyl groups is 1. The van der Waals surface area contributed by atoms with Crippen molar-refractivity contribution in [1.82, 2.24) is 5.43 Å². The Balaban J connectivity index is 1.94. The molecule has 0 fully saturated rings. The lowest BCUT2D eigenvalue weighted by molar-refractivity contribution is -0.126. The maximum atomic E-state index is 11.9. The standard InChI is InChI=1S/C17H14BrCl2N3O4/c1-27-13-6-10(18)5-9(17(13)26)8-21-23-15(25)7-14(24)22-12-4-2-3-11(19)16(12)20/h2-6,8,26H,7H2,1H3,(H,22,24)(H,23,25). The van der Waals surface area contributed by atoms with Gasteiger partial charge < -0.3 is 15.2 Å². The number of carbonyl (C=O) groups excluding carboxylic acids is 2. The average Bonchev–Trinajstić information content (AvgIpc) is 2.61. The Morgan fingerprint density at radius 2 is 2.04 bits per heavy atom. The van der Waals surface area contributed by atoms with Crippen molar-refractivity contribution >= 4 is 62.8 Å². The molecule has 0 aromatic heterocycles. The highest BCUT2D eigenvalue weighted by atomic mass is 79.9. The van der Waals surface area contributed by atoms with Gasteiger partial charge in [0, 0.05) is 10.0 Å². The van der Waals surface area contributed by atoms with Crippen LogP contribution >= 0.6 is 39.1 Å². The maximum Gasteiger partial charge on any atom is 0.249 e. The van der Waals surface area contributed by atoms with Gasteiger partial charge in [-0.15, -0.1) is 0 Å². The van der Waals surface area contributed by atoms with Gasteiger partial charge in [0.1, 0.15) is 6.42 Å². The van der Waals surface area contributed by atoms with Crippen molar-refractivity contribution in [2.45, 2.75) is 6.42 Å². The van der Waals surface area contributed by atoms with Crippen molar-refractivity contribution in [3.8, 4) is 11.5 Å². The van der Waals surface area contributed by atoms with Crippen LogP contribution < -0.4 is 15.5 Å². The summed E-state index contributed by atoms with van der Waals surface area (Å²) >= 11 is 15.1. The van der Waals surface area contributed by atoms with E-state index in [4.69, 9.17) is 27.9 Å². The van der Waals surface area contributed by atoms with Gasteiger partial charge >= 0.3 is 0 Å². The highest BCUT2D eigenvalue weighted by Gasteiger charge is 2.12. The van der Waals surface area contributed by atoms with Crippen LogP contribution in [0, 0.1) is 0 Å². The van der Waals surface area contributed by atoms with Gasteiger partial charge in [-0.1, -0.05) is 45.2 Å². The first-order valence-electron chi connectivity index (χ1n) is 7.44. The number of nitrogens with one attached hydrogen (secondary N) is 2. The lowest BCUT2D eigenvalue weighted by Gasteiger charge is -2.08. The van der Waals surface area contributed by atoms with Crippen LogP contribution in [0.15, 0.2) is 39.9 Å². The highest BCUT2D eigenvalue weighted by Crippen LogP contribution is 2.32. The normalized spacial score (nSPS) is 10.7. The van der Waals surface area contributed by atoms with Crippen molar-refractivity contribution in [3.05, 3.63) is 50.4 Å². The molecule has 0 aliphatic rings. The minimum absolute atomic E-state index is 0.132. The van der Waals surface area contributed by atoms with Gasteiger partial charge in [-0.05, 0) is 24.3 Å². The Morgan fingerprint density at radius 3 is 2.74 bits per heavy atom. The van der Waals surface area contributed by atoms with E-state index in [1.807, 2.05) is 0 Å². The van der Waals surface area contributed by atoms with E-state index in [2.05, 4.69) is 31.8 Å². The number of ether oxygens (including phenoxy) is 1. The van der Waals surface area contributed by atoms with E-state index < -0.39 is 18.2 Å². The summed E-state index contributed by atoms with van der Waals surface area (Å²) in [7, 11) is 1.41. The second kappa shape index (κ2) is 9.59. The summed E-state index contributed by atoms with van der Waals surface area (Å²) < 4.78 is 5.67. The van der Waals surface area contributed by atoms with E-state index in [1.54, 1.807) is 30.3 Å². The molecular weight excluding hydrogens is 461 g/mol. The fraction of sp³-hybridized carbons (Fsp3) is 0.118. The number of anilines is 1. The van der Waals surface area contributed by atoms with Crippen LogP contribution in [0.1, 0.15) is 12.0 Å². The molecule has 10 heteroatoms. The number of carbonyl (C=O) groups is 2. The van der Waals surface area contributed by atoms with Crippen LogP contribution in [0.3, 0.4) is 0 Å². The Kier molecular flexibility index (Phi) is 7.46. The summed E-state index contributed by atoms with van der Waals surface area (Å²) in [6.45, 7) is 0. The van der Waals surface area contributed by atoms with Crippen molar-refractivity contribution < 1.29 is 19.4 Å². The second-order valence-corrected chi connectivity index (χ2v) is 6.87. The summed E-state index contributed by atoms with van der Waals surface area (Å²) in [5.74, 6) is -1.12. The van der Waals surface area contributed by atoms with Crippen molar-refractivity contribution in [1.29, 1.82) is 0 Å². The van der Waals surface area contributed by atoms with Gasteiger partial charge in [-0.25, -0.2) is 5.43 Å². The topological polar surface area (TPSA) is 100 Å². The van der Waals surface area contributed by atoms with Crippen LogP contribution in [0.2, 0.25) is 10.0 Å².